The van der Waals surface area contributed by atoms with Crippen molar-refractivity contribution >= 4 is 17.5 Å². The van der Waals surface area contributed by atoms with Crippen molar-refractivity contribution in [3.05, 3.63) is 29.8 Å². The Kier molecular flexibility index (Phi) is 6.16. The van der Waals surface area contributed by atoms with Gasteiger partial charge in [-0.3, -0.25) is 14.5 Å². The highest BCUT2D eigenvalue weighted by atomic mass is 16.2. The molecule has 5 nitrogen and oxygen atoms in total. The molecule has 1 heterocycles. The Labute approximate surface area is 138 Å². The normalized spacial score (nSPS) is 19.2. The molecule has 1 unspecified atom stereocenters. The SMILES string of the molecule is CC(C)NC(=O)c1ccc(NC(=O)C2CCCCCN2C)cc1. The highest BCUT2D eigenvalue weighted by Crippen LogP contribution is 2.17. The predicted octanol–water partition coefficient (Wildman–Crippen LogP) is 2.64. The van der Waals surface area contributed by atoms with Gasteiger partial charge in [0.2, 0.25) is 5.91 Å². The second-order valence-electron chi connectivity index (χ2n) is 6.54. The lowest BCUT2D eigenvalue weighted by molar-refractivity contribution is -0.120. The van der Waals surface area contributed by atoms with E-state index in [0.29, 0.717) is 5.56 Å². The third kappa shape index (κ3) is 5.06. The van der Waals surface area contributed by atoms with Crippen molar-refractivity contribution in [2.75, 3.05) is 18.9 Å². The molecule has 0 radical (unpaired) electrons. The molecular weight excluding hydrogens is 290 g/mol. The molecule has 0 aromatic heterocycles. The number of benzene rings is 1. The van der Waals surface area contributed by atoms with E-state index in [2.05, 4.69) is 15.5 Å². The quantitative estimate of drug-likeness (QED) is 0.897. The number of anilines is 1. The predicted molar refractivity (Wildman–Crippen MR) is 92.6 cm³/mol. The summed E-state index contributed by atoms with van der Waals surface area (Å²) in [6.07, 6.45) is 4.33. The van der Waals surface area contributed by atoms with Crippen molar-refractivity contribution in [1.82, 2.24) is 10.2 Å². The van der Waals surface area contributed by atoms with Crippen molar-refractivity contribution in [2.24, 2.45) is 0 Å². The van der Waals surface area contributed by atoms with Crippen LogP contribution in [0.25, 0.3) is 0 Å². The van der Waals surface area contributed by atoms with Crippen molar-refractivity contribution in [3.8, 4) is 0 Å². The van der Waals surface area contributed by atoms with Crippen molar-refractivity contribution < 1.29 is 9.59 Å². The van der Waals surface area contributed by atoms with Crippen LogP contribution in [-0.2, 0) is 4.79 Å². The van der Waals surface area contributed by atoms with E-state index >= 15 is 0 Å². The number of carbonyl (C=O) groups is 2. The number of likely N-dealkylation sites (tertiary alicyclic amines) is 1. The van der Waals surface area contributed by atoms with Gasteiger partial charge in [-0.2, -0.15) is 0 Å². The summed E-state index contributed by atoms with van der Waals surface area (Å²) in [5.41, 5.74) is 1.33. The van der Waals surface area contributed by atoms with Gasteiger partial charge < -0.3 is 10.6 Å². The maximum Gasteiger partial charge on any atom is 0.251 e. The van der Waals surface area contributed by atoms with Crippen LogP contribution in [0.2, 0.25) is 0 Å². The summed E-state index contributed by atoms with van der Waals surface area (Å²) in [5, 5.41) is 5.82. The Hall–Kier alpha value is -1.88. The summed E-state index contributed by atoms with van der Waals surface area (Å²) in [5.74, 6) is -0.0600. The molecule has 23 heavy (non-hydrogen) atoms. The van der Waals surface area contributed by atoms with Crippen LogP contribution < -0.4 is 10.6 Å². The molecule has 5 heteroatoms. The van der Waals surface area contributed by atoms with Crippen LogP contribution in [0.1, 0.15) is 49.9 Å². The van der Waals surface area contributed by atoms with Crippen LogP contribution in [-0.4, -0.2) is 42.4 Å². The highest BCUT2D eigenvalue weighted by molar-refractivity contribution is 5.97. The summed E-state index contributed by atoms with van der Waals surface area (Å²) < 4.78 is 0. The molecule has 0 saturated carbocycles. The number of nitrogens with zero attached hydrogens (tertiary/aromatic N) is 1. The van der Waals surface area contributed by atoms with E-state index in [-0.39, 0.29) is 23.9 Å². The highest BCUT2D eigenvalue weighted by Gasteiger charge is 2.24. The van der Waals surface area contributed by atoms with Crippen LogP contribution in [0, 0.1) is 0 Å². The lowest BCUT2D eigenvalue weighted by atomic mass is 10.1. The zero-order valence-corrected chi connectivity index (χ0v) is 14.3. The molecule has 1 aromatic carbocycles. The van der Waals surface area contributed by atoms with Gasteiger partial charge in [0.25, 0.3) is 5.91 Å². The number of carbonyl (C=O) groups excluding carboxylic acids is 2. The van der Waals surface area contributed by atoms with E-state index in [1.165, 1.54) is 6.42 Å². The molecule has 1 aliphatic heterocycles. The van der Waals surface area contributed by atoms with Gasteiger partial charge in [-0.1, -0.05) is 12.8 Å². The molecule has 1 aliphatic rings. The standard InChI is InChI=1S/C18H27N3O2/c1-13(2)19-17(22)14-8-10-15(11-9-14)20-18(23)16-7-5-4-6-12-21(16)3/h8-11,13,16H,4-7,12H2,1-3H3,(H,19,22)(H,20,23). The topological polar surface area (TPSA) is 61.4 Å². The van der Waals surface area contributed by atoms with Crippen molar-refractivity contribution in [2.45, 2.75) is 51.6 Å². The summed E-state index contributed by atoms with van der Waals surface area (Å²) in [7, 11) is 2.01. The molecule has 0 bridgehead atoms. The van der Waals surface area contributed by atoms with E-state index in [4.69, 9.17) is 0 Å². The molecule has 0 aliphatic carbocycles. The molecule has 2 amide bonds. The number of rotatable bonds is 4. The van der Waals surface area contributed by atoms with Gasteiger partial charge in [0.05, 0.1) is 6.04 Å². The van der Waals surface area contributed by atoms with Gasteiger partial charge in [-0.25, -0.2) is 0 Å². The number of hydrogen-bond donors (Lipinski definition) is 2. The first-order chi connectivity index (χ1) is 11.0. The maximum absolute atomic E-state index is 12.5. The van der Waals surface area contributed by atoms with E-state index in [1.54, 1.807) is 24.3 Å². The molecule has 1 saturated heterocycles. The maximum atomic E-state index is 12.5. The number of nitrogens with one attached hydrogen (secondary N) is 2. The molecule has 1 aromatic rings. The fourth-order valence-electron chi connectivity index (χ4n) is 2.86. The first kappa shape index (κ1) is 17.5. The zero-order chi connectivity index (χ0) is 16.8. The van der Waals surface area contributed by atoms with E-state index in [9.17, 15) is 9.59 Å². The Morgan fingerprint density at radius 3 is 2.48 bits per heavy atom. The third-order valence-corrected chi connectivity index (χ3v) is 4.16. The number of amides is 2. The zero-order valence-electron chi connectivity index (χ0n) is 14.3. The second-order valence-corrected chi connectivity index (χ2v) is 6.54. The summed E-state index contributed by atoms with van der Waals surface area (Å²) in [6, 6.07) is 7.08. The molecule has 1 fully saturated rings. The first-order valence-electron chi connectivity index (χ1n) is 8.39. The minimum Gasteiger partial charge on any atom is -0.350 e. The number of likely N-dealkylation sites (N-methyl/N-ethyl adjacent to an activating group) is 1. The Balaban J connectivity index is 1.97. The van der Waals surface area contributed by atoms with Gasteiger partial charge in [0.15, 0.2) is 0 Å². The molecule has 2 N–H and O–H groups in total. The largest absolute Gasteiger partial charge is 0.350 e. The summed E-state index contributed by atoms with van der Waals surface area (Å²) in [6.45, 7) is 4.82. The molecule has 1 atom stereocenters. The molecule has 0 spiro atoms. The molecular formula is C18H27N3O2. The fraction of sp³-hybridized carbons (Fsp3) is 0.556. The summed E-state index contributed by atoms with van der Waals surface area (Å²) in [4.78, 5) is 26.5. The van der Waals surface area contributed by atoms with Gasteiger partial charge in [-0.05, 0) is 64.5 Å². The van der Waals surface area contributed by atoms with Crippen LogP contribution in [0.3, 0.4) is 0 Å². The van der Waals surface area contributed by atoms with Crippen LogP contribution in [0.15, 0.2) is 24.3 Å². The van der Waals surface area contributed by atoms with Crippen LogP contribution in [0.5, 0.6) is 0 Å². The fourth-order valence-corrected chi connectivity index (χ4v) is 2.86. The average Bonchev–Trinajstić information content (AvgIpc) is 2.71. The van der Waals surface area contributed by atoms with Crippen LogP contribution in [0.4, 0.5) is 5.69 Å². The Bertz CT molecular complexity index is 540. The minimum absolute atomic E-state index is 0.0359. The average molecular weight is 317 g/mol. The lowest BCUT2D eigenvalue weighted by Gasteiger charge is -2.24. The van der Waals surface area contributed by atoms with Crippen LogP contribution >= 0.6 is 0 Å². The van der Waals surface area contributed by atoms with Gasteiger partial charge in [-0.15, -0.1) is 0 Å². The third-order valence-electron chi connectivity index (χ3n) is 4.16. The molecule has 2 rings (SSSR count). The van der Waals surface area contributed by atoms with E-state index in [0.717, 1.165) is 31.5 Å². The second kappa shape index (κ2) is 8.11. The monoisotopic (exact) mass is 317 g/mol. The summed E-state index contributed by atoms with van der Waals surface area (Å²) >= 11 is 0. The van der Waals surface area contributed by atoms with E-state index < -0.39 is 0 Å². The smallest absolute Gasteiger partial charge is 0.251 e. The van der Waals surface area contributed by atoms with Crippen molar-refractivity contribution in [3.63, 3.8) is 0 Å². The van der Waals surface area contributed by atoms with Gasteiger partial charge in [0, 0.05) is 17.3 Å². The van der Waals surface area contributed by atoms with E-state index in [1.807, 2.05) is 20.9 Å². The lowest BCUT2D eigenvalue weighted by Crippen LogP contribution is -2.41. The van der Waals surface area contributed by atoms with Gasteiger partial charge in [0.1, 0.15) is 0 Å². The molecule has 126 valence electrons. The Morgan fingerprint density at radius 2 is 1.83 bits per heavy atom. The minimum atomic E-state index is -0.0959. The Morgan fingerprint density at radius 1 is 1.13 bits per heavy atom. The van der Waals surface area contributed by atoms with Crippen molar-refractivity contribution in [1.29, 1.82) is 0 Å². The van der Waals surface area contributed by atoms with Gasteiger partial charge >= 0.3 is 0 Å². The first-order valence-corrected chi connectivity index (χ1v) is 8.39. The number of hydrogen-bond acceptors (Lipinski definition) is 3.